The molecule has 1 fully saturated rings. The summed E-state index contributed by atoms with van der Waals surface area (Å²) in [4.78, 5) is 0.316. The Kier molecular flexibility index (Phi) is 4.18. The molecule has 0 aromatic heterocycles. The second-order valence-corrected chi connectivity index (χ2v) is 7.32. The first kappa shape index (κ1) is 14.1. The van der Waals surface area contributed by atoms with E-state index >= 15 is 0 Å². The largest absolute Gasteiger partial charge is 0.374 e. The summed E-state index contributed by atoms with van der Waals surface area (Å²) in [6.07, 6.45) is 3.05. The standard InChI is InChI=1S/C16H23BrO/c1-11-5-10-14(18-11)15(17)12-6-8-13(9-7-12)16(2,3)4/h6-9,11,14-15H,5,10H2,1-4H3. The van der Waals surface area contributed by atoms with Crippen LogP contribution in [0.15, 0.2) is 24.3 Å². The van der Waals surface area contributed by atoms with Crippen molar-refractivity contribution in [3.63, 3.8) is 0 Å². The molecule has 1 aromatic rings. The summed E-state index contributed by atoms with van der Waals surface area (Å²) in [5.41, 5.74) is 2.92. The fourth-order valence-corrected chi connectivity index (χ4v) is 3.12. The Morgan fingerprint density at radius 1 is 1.17 bits per heavy atom. The third-order valence-electron chi connectivity index (χ3n) is 3.69. The molecule has 0 N–H and O–H groups in total. The minimum atomic E-state index is 0.221. The molecule has 1 saturated heterocycles. The minimum absolute atomic E-state index is 0.221. The number of alkyl halides is 1. The zero-order chi connectivity index (χ0) is 13.3. The molecule has 3 unspecified atom stereocenters. The molecule has 3 atom stereocenters. The molecule has 0 spiro atoms. The van der Waals surface area contributed by atoms with Crippen molar-refractivity contribution in [1.82, 2.24) is 0 Å². The topological polar surface area (TPSA) is 9.23 Å². The molecule has 1 aliphatic heterocycles. The molecule has 0 aliphatic carbocycles. The van der Waals surface area contributed by atoms with E-state index < -0.39 is 0 Å². The van der Waals surface area contributed by atoms with Crippen LogP contribution in [0, 0.1) is 0 Å². The molecule has 0 bridgehead atoms. The number of ether oxygens (including phenoxy) is 1. The summed E-state index contributed by atoms with van der Waals surface area (Å²) in [6.45, 7) is 8.89. The summed E-state index contributed by atoms with van der Waals surface area (Å²) >= 11 is 3.79. The lowest BCUT2D eigenvalue weighted by molar-refractivity contribution is 0.0557. The average molecular weight is 311 g/mol. The zero-order valence-corrected chi connectivity index (χ0v) is 13.3. The molecule has 2 heteroatoms. The van der Waals surface area contributed by atoms with Gasteiger partial charge in [0.25, 0.3) is 0 Å². The second-order valence-electron chi connectivity index (χ2n) is 6.34. The van der Waals surface area contributed by atoms with Crippen LogP contribution in [0.25, 0.3) is 0 Å². The van der Waals surface area contributed by atoms with Gasteiger partial charge in [-0.3, -0.25) is 0 Å². The maximum atomic E-state index is 5.93. The second kappa shape index (κ2) is 5.34. The minimum Gasteiger partial charge on any atom is -0.374 e. The molecular formula is C16H23BrO. The quantitative estimate of drug-likeness (QED) is 0.699. The molecule has 1 aromatic carbocycles. The highest BCUT2D eigenvalue weighted by atomic mass is 79.9. The van der Waals surface area contributed by atoms with Crippen LogP contribution >= 0.6 is 15.9 Å². The van der Waals surface area contributed by atoms with E-state index in [1.165, 1.54) is 17.5 Å². The van der Waals surface area contributed by atoms with Gasteiger partial charge in [-0.25, -0.2) is 0 Å². The first-order valence-corrected chi connectivity index (χ1v) is 7.69. The lowest BCUT2D eigenvalue weighted by atomic mass is 9.86. The van der Waals surface area contributed by atoms with Gasteiger partial charge in [0, 0.05) is 0 Å². The Labute approximate surface area is 119 Å². The van der Waals surface area contributed by atoms with Crippen molar-refractivity contribution in [3.8, 4) is 0 Å². The van der Waals surface area contributed by atoms with Crippen LogP contribution in [0.1, 0.15) is 56.5 Å². The van der Waals surface area contributed by atoms with E-state index in [1.807, 2.05) is 0 Å². The number of hydrogen-bond donors (Lipinski definition) is 0. The van der Waals surface area contributed by atoms with Crippen LogP contribution in [-0.4, -0.2) is 12.2 Å². The molecule has 1 aliphatic rings. The Balaban J connectivity index is 2.10. The number of rotatable bonds is 2. The predicted octanol–water partition coefficient (Wildman–Crippen LogP) is 4.99. The predicted molar refractivity (Wildman–Crippen MR) is 80.4 cm³/mol. The van der Waals surface area contributed by atoms with Crippen molar-refractivity contribution in [2.24, 2.45) is 0 Å². The van der Waals surface area contributed by atoms with Crippen LogP contribution < -0.4 is 0 Å². The number of halogens is 1. The summed E-state index contributed by atoms with van der Waals surface area (Å²) in [6, 6.07) is 8.93. The molecule has 18 heavy (non-hydrogen) atoms. The lowest BCUT2D eigenvalue weighted by Crippen LogP contribution is -2.15. The third-order valence-corrected chi connectivity index (χ3v) is 4.80. The smallest absolute Gasteiger partial charge is 0.0745 e. The van der Waals surface area contributed by atoms with Crippen molar-refractivity contribution in [2.75, 3.05) is 0 Å². The fourth-order valence-electron chi connectivity index (χ4n) is 2.43. The summed E-state index contributed by atoms with van der Waals surface area (Å²) in [5, 5.41) is 0. The van der Waals surface area contributed by atoms with Crippen molar-refractivity contribution in [1.29, 1.82) is 0 Å². The molecule has 100 valence electrons. The molecule has 0 amide bonds. The van der Waals surface area contributed by atoms with Gasteiger partial charge in [0.2, 0.25) is 0 Å². The lowest BCUT2D eigenvalue weighted by Gasteiger charge is -2.22. The van der Waals surface area contributed by atoms with E-state index in [0.717, 1.165) is 6.42 Å². The summed E-state index contributed by atoms with van der Waals surface area (Å²) < 4.78 is 5.93. The van der Waals surface area contributed by atoms with Gasteiger partial charge in [0.05, 0.1) is 17.0 Å². The van der Waals surface area contributed by atoms with Crippen LogP contribution in [0.5, 0.6) is 0 Å². The highest BCUT2D eigenvalue weighted by Crippen LogP contribution is 2.36. The molecular weight excluding hydrogens is 288 g/mol. The van der Waals surface area contributed by atoms with E-state index in [0.29, 0.717) is 17.0 Å². The highest BCUT2D eigenvalue weighted by Gasteiger charge is 2.29. The fraction of sp³-hybridized carbons (Fsp3) is 0.625. The Morgan fingerprint density at radius 3 is 2.22 bits per heavy atom. The molecule has 1 heterocycles. The first-order chi connectivity index (χ1) is 8.38. The van der Waals surface area contributed by atoms with Gasteiger partial charge >= 0.3 is 0 Å². The van der Waals surface area contributed by atoms with Gasteiger partial charge in [0.1, 0.15) is 0 Å². The van der Waals surface area contributed by atoms with E-state index in [9.17, 15) is 0 Å². The monoisotopic (exact) mass is 310 g/mol. The Hall–Kier alpha value is -0.340. The van der Waals surface area contributed by atoms with Gasteiger partial charge in [-0.05, 0) is 36.3 Å². The van der Waals surface area contributed by atoms with Gasteiger partial charge < -0.3 is 4.74 Å². The van der Waals surface area contributed by atoms with Crippen molar-refractivity contribution in [2.45, 2.75) is 63.0 Å². The molecule has 2 rings (SSSR count). The van der Waals surface area contributed by atoms with Crippen LogP contribution in [0.2, 0.25) is 0 Å². The van der Waals surface area contributed by atoms with E-state index in [4.69, 9.17) is 4.74 Å². The maximum Gasteiger partial charge on any atom is 0.0745 e. The summed E-state index contributed by atoms with van der Waals surface area (Å²) in [7, 11) is 0. The van der Waals surface area contributed by atoms with E-state index in [-0.39, 0.29) is 5.41 Å². The first-order valence-electron chi connectivity index (χ1n) is 6.78. The van der Waals surface area contributed by atoms with E-state index in [2.05, 4.69) is 67.9 Å². The Morgan fingerprint density at radius 2 is 1.78 bits per heavy atom. The van der Waals surface area contributed by atoms with Crippen molar-refractivity contribution < 1.29 is 4.74 Å². The van der Waals surface area contributed by atoms with Crippen molar-refractivity contribution in [3.05, 3.63) is 35.4 Å². The molecule has 0 saturated carbocycles. The molecule has 0 radical (unpaired) electrons. The van der Waals surface area contributed by atoms with Gasteiger partial charge in [0.15, 0.2) is 0 Å². The normalized spacial score (nSPS) is 26.3. The average Bonchev–Trinajstić information content (AvgIpc) is 2.74. The SMILES string of the molecule is CC1CCC(C(Br)c2ccc(C(C)(C)C)cc2)O1. The van der Waals surface area contributed by atoms with Gasteiger partial charge in [-0.15, -0.1) is 0 Å². The number of hydrogen-bond acceptors (Lipinski definition) is 1. The van der Waals surface area contributed by atoms with Gasteiger partial charge in [-0.2, -0.15) is 0 Å². The zero-order valence-electron chi connectivity index (χ0n) is 11.7. The maximum absolute atomic E-state index is 5.93. The Bertz CT molecular complexity index is 391. The van der Waals surface area contributed by atoms with E-state index in [1.54, 1.807) is 0 Å². The summed E-state index contributed by atoms with van der Waals surface area (Å²) in [5.74, 6) is 0. The molecule has 1 nitrogen and oxygen atoms in total. The third kappa shape index (κ3) is 3.16. The van der Waals surface area contributed by atoms with Crippen LogP contribution in [-0.2, 0) is 10.2 Å². The van der Waals surface area contributed by atoms with Crippen LogP contribution in [0.3, 0.4) is 0 Å². The van der Waals surface area contributed by atoms with Gasteiger partial charge in [-0.1, -0.05) is 61.0 Å². The number of benzene rings is 1. The highest BCUT2D eigenvalue weighted by molar-refractivity contribution is 9.09. The van der Waals surface area contributed by atoms with Crippen molar-refractivity contribution >= 4 is 15.9 Å². The van der Waals surface area contributed by atoms with Crippen LogP contribution in [0.4, 0.5) is 0 Å².